The minimum absolute atomic E-state index is 0.230. The highest BCUT2D eigenvalue weighted by molar-refractivity contribution is 5.80. The molecule has 0 aliphatic carbocycles. The summed E-state index contributed by atoms with van der Waals surface area (Å²) in [6.45, 7) is 5.14. The van der Waals surface area contributed by atoms with Gasteiger partial charge < -0.3 is 20.7 Å². The highest BCUT2D eigenvalue weighted by Crippen LogP contribution is 2.19. The van der Waals surface area contributed by atoms with Crippen LogP contribution < -0.4 is 15.8 Å². The van der Waals surface area contributed by atoms with Crippen LogP contribution in [0.1, 0.15) is 38.2 Å². The van der Waals surface area contributed by atoms with Gasteiger partial charge in [-0.05, 0) is 30.7 Å². The van der Waals surface area contributed by atoms with Crippen LogP contribution in [0.2, 0.25) is 0 Å². The Kier molecular flexibility index (Phi) is 7.50. The van der Waals surface area contributed by atoms with Gasteiger partial charge in [0.05, 0.1) is 6.61 Å². The summed E-state index contributed by atoms with van der Waals surface area (Å²) in [4.78, 5) is 22.0. The number of rotatable bonds is 7. The predicted molar refractivity (Wildman–Crippen MR) is 98.3 cm³/mol. The highest BCUT2D eigenvalue weighted by Gasteiger charge is 2.23. The van der Waals surface area contributed by atoms with Gasteiger partial charge in [0.25, 0.3) is 0 Å². The van der Waals surface area contributed by atoms with Crippen LogP contribution in [0.15, 0.2) is 23.3 Å². The van der Waals surface area contributed by atoms with E-state index in [1.165, 1.54) is 0 Å². The number of nitrogens with one attached hydrogen (secondary N) is 1. The molecule has 1 amide bonds. The number of primary amides is 1. The first kappa shape index (κ1) is 19.0. The van der Waals surface area contributed by atoms with Crippen LogP contribution in [0, 0.1) is 5.92 Å². The number of nitrogens with two attached hydrogens (primary N) is 1. The highest BCUT2D eigenvalue weighted by atomic mass is 16.5. The average Bonchev–Trinajstić information content (AvgIpc) is 2.61. The van der Waals surface area contributed by atoms with E-state index in [9.17, 15) is 4.79 Å². The monoisotopic (exact) mass is 347 g/mol. The van der Waals surface area contributed by atoms with Gasteiger partial charge in [0, 0.05) is 45.4 Å². The van der Waals surface area contributed by atoms with Crippen LogP contribution in [-0.4, -0.2) is 48.5 Å². The largest absolute Gasteiger partial charge is 0.478 e. The zero-order valence-electron chi connectivity index (χ0n) is 15.2. The number of ether oxygens (including phenoxy) is 1. The number of pyridine rings is 1. The summed E-state index contributed by atoms with van der Waals surface area (Å²) >= 11 is 0. The molecule has 25 heavy (non-hydrogen) atoms. The summed E-state index contributed by atoms with van der Waals surface area (Å²) in [7, 11) is 1.78. The number of likely N-dealkylation sites (tertiary alicyclic amines) is 1. The van der Waals surface area contributed by atoms with Crippen LogP contribution in [0.5, 0.6) is 5.88 Å². The molecule has 0 bridgehead atoms. The first-order chi connectivity index (χ1) is 12.1. The second-order valence-corrected chi connectivity index (χ2v) is 6.38. The third-order valence-electron chi connectivity index (χ3n) is 4.22. The number of piperidine rings is 1. The van der Waals surface area contributed by atoms with Gasteiger partial charge in [-0.2, -0.15) is 0 Å². The van der Waals surface area contributed by atoms with Crippen molar-refractivity contribution in [2.45, 2.75) is 39.2 Å². The zero-order valence-corrected chi connectivity index (χ0v) is 15.2. The molecule has 138 valence electrons. The third-order valence-corrected chi connectivity index (χ3v) is 4.22. The Balaban J connectivity index is 1.86. The van der Waals surface area contributed by atoms with Crippen molar-refractivity contribution in [2.24, 2.45) is 16.6 Å². The lowest BCUT2D eigenvalue weighted by Crippen LogP contribution is -2.46. The molecule has 3 N–H and O–H groups in total. The molecule has 1 aromatic heterocycles. The van der Waals surface area contributed by atoms with E-state index in [4.69, 9.17) is 10.5 Å². The first-order valence-electron chi connectivity index (χ1n) is 8.94. The molecule has 0 saturated carbocycles. The molecule has 2 rings (SSSR count). The normalized spacial score (nSPS) is 18.1. The van der Waals surface area contributed by atoms with Crippen LogP contribution in [0.25, 0.3) is 0 Å². The quantitative estimate of drug-likeness (QED) is 0.576. The van der Waals surface area contributed by atoms with E-state index in [1.807, 2.05) is 18.3 Å². The number of guanidine groups is 1. The molecule has 1 fully saturated rings. The van der Waals surface area contributed by atoms with Gasteiger partial charge in [0.2, 0.25) is 11.8 Å². The summed E-state index contributed by atoms with van der Waals surface area (Å²) in [6.07, 6.45) is 5.31. The van der Waals surface area contributed by atoms with Gasteiger partial charge in [0.15, 0.2) is 5.96 Å². The molecular weight excluding hydrogens is 318 g/mol. The molecule has 1 aliphatic heterocycles. The smallest absolute Gasteiger partial charge is 0.217 e. The van der Waals surface area contributed by atoms with Crippen LogP contribution >= 0.6 is 0 Å². The lowest BCUT2D eigenvalue weighted by molar-refractivity contribution is -0.119. The van der Waals surface area contributed by atoms with Crippen LogP contribution in [0.4, 0.5) is 0 Å². The van der Waals surface area contributed by atoms with Gasteiger partial charge in [-0.15, -0.1) is 0 Å². The van der Waals surface area contributed by atoms with Crippen LogP contribution in [0.3, 0.4) is 0 Å². The maximum absolute atomic E-state index is 11.2. The minimum Gasteiger partial charge on any atom is -0.478 e. The van der Waals surface area contributed by atoms with Crippen molar-refractivity contribution in [1.82, 2.24) is 15.2 Å². The molecule has 1 aliphatic rings. The van der Waals surface area contributed by atoms with Crippen molar-refractivity contribution in [2.75, 3.05) is 26.7 Å². The SMILES string of the molecule is CCCOc1ccc(CNC(=NC)N2CCCC(CC(N)=O)C2)cn1. The second kappa shape index (κ2) is 9.86. The number of hydrogen-bond acceptors (Lipinski definition) is 4. The van der Waals surface area contributed by atoms with Gasteiger partial charge in [-0.1, -0.05) is 13.0 Å². The van der Waals surface area contributed by atoms with E-state index in [2.05, 4.69) is 27.1 Å². The third kappa shape index (κ3) is 6.25. The maximum atomic E-state index is 11.2. The summed E-state index contributed by atoms with van der Waals surface area (Å²) < 4.78 is 5.49. The lowest BCUT2D eigenvalue weighted by Gasteiger charge is -2.34. The molecule has 7 heteroatoms. The van der Waals surface area contributed by atoms with E-state index in [0.29, 0.717) is 31.4 Å². The van der Waals surface area contributed by atoms with Gasteiger partial charge in [-0.3, -0.25) is 9.79 Å². The van der Waals surface area contributed by atoms with Crippen molar-refractivity contribution >= 4 is 11.9 Å². The summed E-state index contributed by atoms with van der Waals surface area (Å²) in [5.74, 6) is 1.58. The molecule has 0 radical (unpaired) electrons. The summed E-state index contributed by atoms with van der Waals surface area (Å²) in [5, 5.41) is 3.37. The van der Waals surface area contributed by atoms with E-state index in [-0.39, 0.29) is 5.91 Å². The van der Waals surface area contributed by atoms with Crippen molar-refractivity contribution in [3.8, 4) is 5.88 Å². The molecule has 7 nitrogen and oxygen atoms in total. The van der Waals surface area contributed by atoms with Gasteiger partial charge >= 0.3 is 0 Å². The van der Waals surface area contributed by atoms with E-state index in [1.54, 1.807) is 7.05 Å². The number of hydrogen-bond donors (Lipinski definition) is 2. The topological polar surface area (TPSA) is 92.8 Å². The predicted octanol–water partition coefficient (Wildman–Crippen LogP) is 1.53. The Labute approximate surface area is 149 Å². The Bertz CT molecular complexity index is 573. The van der Waals surface area contributed by atoms with Crippen molar-refractivity contribution in [3.05, 3.63) is 23.9 Å². The van der Waals surface area contributed by atoms with Gasteiger partial charge in [0.1, 0.15) is 0 Å². The van der Waals surface area contributed by atoms with E-state index >= 15 is 0 Å². The Morgan fingerprint density at radius 3 is 3.00 bits per heavy atom. The fourth-order valence-corrected chi connectivity index (χ4v) is 3.03. The molecular formula is C18H29N5O2. The maximum Gasteiger partial charge on any atom is 0.217 e. The average molecular weight is 347 g/mol. The Hall–Kier alpha value is -2.31. The Morgan fingerprint density at radius 2 is 2.36 bits per heavy atom. The van der Waals surface area contributed by atoms with Crippen molar-refractivity contribution in [1.29, 1.82) is 0 Å². The van der Waals surface area contributed by atoms with Gasteiger partial charge in [-0.25, -0.2) is 4.98 Å². The van der Waals surface area contributed by atoms with Crippen molar-refractivity contribution in [3.63, 3.8) is 0 Å². The number of carbonyl (C=O) groups is 1. The Morgan fingerprint density at radius 1 is 1.52 bits per heavy atom. The number of carbonyl (C=O) groups excluding carboxylic acids is 1. The second-order valence-electron chi connectivity index (χ2n) is 6.38. The standard InChI is InChI=1S/C18H29N5O2/c1-3-9-25-17-7-6-15(11-21-17)12-22-18(20-2)23-8-4-5-14(13-23)10-16(19)24/h6-7,11,14H,3-5,8-10,12-13H2,1-2H3,(H2,19,24)(H,20,22). The summed E-state index contributed by atoms with van der Waals surface area (Å²) in [6, 6.07) is 3.89. The van der Waals surface area contributed by atoms with E-state index < -0.39 is 0 Å². The zero-order chi connectivity index (χ0) is 18.1. The van der Waals surface area contributed by atoms with Crippen molar-refractivity contribution < 1.29 is 9.53 Å². The lowest BCUT2D eigenvalue weighted by atomic mass is 9.95. The van der Waals surface area contributed by atoms with E-state index in [0.717, 1.165) is 43.9 Å². The molecule has 1 unspecified atom stereocenters. The molecule has 1 aromatic rings. The number of aromatic nitrogens is 1. The van der Waals surface area contributed by atoms with Crippen LogP contribution in [-0.2, 0) is 11.3 Å². The number of nitrogens with zero attached hydrogens (tertiary/aromatic N) is 3. The number of amides is 1. The molecule has 2 heterocycles. The minimum atomic E-state index is -0.230. The number of aliphatic imine (C=N–C) groups is 1. The molecule has 1 atom stereocenters. The molecule has 1 saturated heterocycles. The summed E-state index contributed by atoms with van der Waals surface area (Å²) in [5.41, 5.74) is 6.40. The molecule has 0 aromatic carbocycles. The fraction of sp³-hybridized carbons (Fsp3) is 0.611. The molecule has 0 spiro atoms. The first-order valence-corrected chi connectivity index (χ1v) is 8.94. The fourth-order valence-electron chi connectivity index (χ4n) is 3.03.